The minimum Gasteiger partial charge on any atom is -0.365 e. The van der Waals surface area contributed by atoms with Crippen LogP contribution in [0.2, 0.25) is 0 Å². The van der Waals surface area contributed by atoms with Crippen LogP contribution in [-0.4, -0.2) is 27.2 Å². The molecule has 1 N–H and O–H groups in total. The predicted molar refractivity (Wildman–Crippen MR) is 136 cm³/mol. The van der Waals surface area contributed by atoms with Gasteiger partial charge in [-0.15, -0.1) is 0 Å². The summed E-state index contributed by atoms with van der Waals surface area (Å²) in [5.41, 5.74) is 6.83. The summed E-state index contributed by atoms with van der Waals surface area (Å²) >= 11 is 0. The average Bonchev–Trinajstić information content (AvgIpc) is 2.84. The number of aliphatic imine (C=N–C) groups is 1. The molecule has 0 aliphatic carbocycles. The summed E-state index contributed by atoms with van der Waals surface area (Å²) in [5, 5.41) is 5.64. The van der Waals surface area contributed by atoms with Crippen molar-refractivity contribution in [1.29, 1.82) is 0 Å². The molecule has 2 unspecified atom stereocenters. The third-order valence-electron chi connectivity index (χ3n) is 6.38. The smallest absolute Gasteiger partial charge is 0.135 e. The summed E-state index contributed by atoms with van der Waals surface area (Å²) in [6.45, 7) is 7.06. The van der Waals surface area contributed by atoms with E-state index in [0.29, 0.717) is 12.5 Å². The number of aryl methyl sites for hydroxylation is 1. The number of hydrogen-bond acceptors (Lipinski definition) is 5. The molecule has 0 bridgehead atoms. The molecule has 2 atom stereocenters. The molecule has 0 amide bonds. The van der Waals surface area contributed by atoms with Crippen molar-refractivity contribution in [3.05, 3.63) is 90.1 Å². The molecule has 0 fully saturated rings. The van der Waals surface area contributed by atoms with Crippen molar-refractivity contribution >= 4 is 28.4 Å². The van der Waals surface area contributed by atoms with Crippen LogP contribution in [0.4, 0.5) is 5.82 Å². The zero-order chi connectivity index (χ0) is 22.8. The molecule has 1 aromatic carbocycles. The standard InChI is InChI=1S/C28H27N5/c1-18-14-23(8-11-29-18)22-6-4-21(5-7-22)16-33-28-26-17-32-27(15-24(26)9-12-31-28)25-10-13-30-20(3)19(25)2/h4-15,17,19-20H,16H2,1-3H3,(H,31,33). The van der Waals surface area contributed by atoms with Gasteiger partial charge in [-0.2, -0.15) is 0 Å². The first-order chi connectivity index (χ1) is 16.1. The number of nitrogens with one attached hydrogen (secondary N) is 1. The van der Waals surface area contributed by atoms with Gasteiger partial charge in [-0.05, 0) is 71.8 Å². The van der Waals surface area contributed by atoms with Crippen molar-refractivity contribution < 1.29 is 0 Å². The Labute approximate surface area is 194 Å². The van der Waals surface area contributed by atoms with Crippen molar-refractivity contribution in [3.63, 3.8) is 0 Å². The van der Waals surface area contributed by atoms with Gasteiger partial charge in [0.2, 0.25) is 0 Å². The first-order valence-electron chi connectivity index (χ1n) is 11.3. The summed E-state index contributed by atoms with van der Waals surface area (Å²) in [6.07, 6.45) is 9.61. The second-order valence-electron chi connectivity index (χ2n) is 8.64. The normalized spacial score (nSPS) is 17.7. The lowest BCUT2D eigenvalue weighted by Crippen LogP contribution is -2.17. The highest BCUT2D eigenvalue weighted by atomic mass is 15.0. The van der Waals surface area contributed by atoms with Crippen molar-refractivity contribution in [2.45, 2.75) is 33.4 Å². The van der Waals surface area contributed by atoms with Crippen molar-refractivity contribution in [2.75, 3.05) is 5.32 Å². The quantitative estimate of drug-likeness (QED) is 0.413. The van der Waals surface area contributed by atoms with Crippen LogP contribution in [0.5, 0.6) is 0 Å². The van der Waals surface area contributed by atoms with Gasteiger partial charge >= 0.3 is 0 Å². The van der Waals surface area contributed by atoms with Crippen LogP contribution in [0.25, 0.3) is 27.5 Å². The van der Waals surface area contributed by atoms with E-state index in [0.717, 1.165) is 28.0 Å². The molecule has 5 heteroatoms. The van der Waals surface area contributed by atoms with Crippen molar-refractivity contribution in [3.8, 4) is 11.1 Å². The zero-order valence-electron chi connectivity index (χ0n) is 19.2. The van der Waals surface area contributed by atoms with E-state index < -0.39 is 0 Å². The minimum atomic E-state index is 0.270. The van der Waals surface area contributed by atoms with Crippen molar-refractivity contribution in [1.82, 2.24) is 15.0 Å². The second kappa shape index (κ2) is 8.94. The molecule has 0 spiro atoms. The fourth-order valence-corrected chi connectivity index (χ4v) is 4.21. The van der Waals surface area contributed by atoms with Gasteiger partial charge in [0.15, 0.2) is 0 Å². The lowest BCUT2D eigenvalue weighted by Gasteiger charge is -2.22. The van der Waals surface area contributed by atoms with E-state index in [1.54, 1.807) is 0 Å². The molecular weight excluding hydrogens is 406 g/mol. The van der Waals surface area contributed by atoms with Crippen molar-refractivity contribution in [2.24, 2.45) is 10.9 Å². The van der Waals surface area contributed by atoms with Gasteiger partial charge in [0.25, 0.3) is 0 Å². The third kappa shape index (κ3) is 4.40. The van der Waals surface area contributed by atoms with Crippen LogP contribution in [0.15, 0.2) is 78.2 Å². The Morgan fingerprint density at radius 2 is 1.70 bits per heavy atom. The molecule has 5 nitrogen and oxygen atoms in total. The highest BCUT2D eigenvalue weighted by molar-refractivity contribution is 5.94. The largest absolute Gasteiger partial charge is 0.365 e. The number of anilines is 1. The van der Waals surface area contributed by atoms with Crippen LogP contribution in [0.1, 0.15) is 30.8 Å². The van der Waals surface area contributed by atoms with Crippen LogP contribution in [-0.2, 0) is 6.54 Å². The topological polar surface area (TPSA) is 63.1 Å². The Hall–Kier alpha value is -3.86. The highest BCUT2D eigenvalue weighted by Gasteiger charge is 2.20. The molecule has 0 saturated carbocycles. The maximum atomic E-state index is 4.77. The molecule has 5 rings (SSSR count). The Kier molecular flexibility index (Phi) is 5.69. The fourth-order valence-electron chi connectivity index (χ4n) is 4.21. The molecule has 0 saturated heterocycles. The first kappa shape index (κ1) is 21.0. The number of hydrogen-bond donors (Lipinski definition) is 1. The van der Waals surface area contributed by atoms with E-state index in [2.05, 4.69) is 76.6 Å². The summed E-state index contributed by atoms with van der Waals surface area (Å²) in [5.74, 6) is 1.19. The predicted octanol–water partition coefficient (Wildman–Crippen LogP) is 6.10. The highest BCUT2D eigenvalue weighted by Crippen LogP contribution is 2.31. The van der Waals surface area contributed by atoms with Crippen LogP contribution in [0, 0.1) is 12.8 Å². The lowest BCUT2D eigenvalue weighted by atomic mass is 9.89. The maximum absolute atomic E-state index is 4.77. The summed E-state index contributed by atoms with van der Waals surface area (Å²) in [4.78, 5) is 18.1. The van der Waals surface area contributed by atoms with E-state index in [1.807, 2.05) is 43.9 Å². The number of benzene rings is 1. The Balaban J connectivity index is 1.34. The van der Waals surface area contributed by atoms with Gasteiger partial charge in [-0.3, -0.25) is 15.0 Å². The molecule has 3 aromatic heterocycles. The minimum absolute atomic E-state index is 0.270. The summed E-state index contributed by atoms with van der Waals surface area (Å²) < 4.78 is 0. The van der Waals surface area contributed by atoms with Gasteiger partial charge in [0.05, 0.1) is 11.7 Å². The van der Waals surface area contributed by atoms with E-state index in [9.17, 15) is 0 Å². The molecule has 1 aliphatic rings. The fraction of sp³-hybridized carbons (Fsp3) is 0.214. The number of nitrogens with zero attached hydrogens (tertiary/aromatic N) is 4. The summed E-state index contributed by atoms with van der Waals surface area (Å²) in [7, 11) is 0. The SMILES string of the molecule is Cc1cc(-c2ccc(CNc3nccc4cc(C5=CC=NC(C)C5C)ncc34)cc2)ccn1. The van der Waals surface area contributed by atoms with E-state index >= 15 is 0 Å². The molecule has 4 aromatic rings. The van der Waals surface area contributed by atoms with Gasteiger partial charge in [-0.1, -0.05) is 31.2 Å². The number of allylic oxidation sites excluding steroid dienone is 1. The maximum Gasteiger partial charge on any atom is 0.135 e. The molecular formula is C28H27N5. The number of fused-ring (bicyclic) bond motifs is 1. The zero-order valence-corrected chi connectivity index (χ0v) is 19.2. The Bertz CT molecular complexity index is 1350. The van der Waals surface area contributed by atoms with E-state index in [4.69, 9.17) is 4.98 Å². The van der Waals surface area contributed by atoms with Gasteiger partial charge in [0, 0.05) is 48.3 Å². The number of dihydropyridines is 1. The molecule has 33 heavy (non-hydrogen) atoms. The number of aromatic nitrogens is 3. The van der Waals surface area contributed by atoms with Gasteiger partial charge in [-0.25, -0.2) is 4.98 Å². The third-order valence-corrected chi connectivity index (χ3v) is 6.38. The monoisotopic (exact) mass is 433 g/mol. The number of pyridine rings is 3. The van der Waals surface area contributed by atoms with Crippen LogP contribution in [0.3, 0.4) is 0 Å². The Morgan fingerprint density at radius 3 is 2.52 bits per heavy atom. The lowest BCUT2D eigenvalue weighted by molar-refractivity contribution is 0.595. The van der Waals surface area contributed by atoms with Crippen LogP contribution >= 0.6 is 0 Å². The molecule has 0 radical (unpaired) electrons. The molecule has 4 heterocycles. The van der Waals surface area contributed by atoms with Crippen LogP contribution < -0.4 is 5.32 Å². The Morgan fingerprint density at radius 1 is 0.879 bits per heavy atom. The average molecular weight is 434 g/mol. The first-order valence-corrected chi connectivity index (χ1v) is 11.3. The van der Waals surface area contributed by atoms with Gasteiger partial charge < -0.3 is 5.32 Å². The number of rotatable bonds is 5. The van der Waals surface area contributed by atoms with E-state index in [-0.39, 0.29) is 6.04 Å². The van der Waals surface area contributed by atoms with Gasteiger partial charge in [0.1, 0.15) is 5.82 Å². The van der Waals surface area contributed by atoms with E-state index in [1.165, 1.54) is 22.3 Å². The molecule has 1 aliphatic heterocycles. The second-order valence-corrected chi connectivity index (χ2v) is 8.64. The summed E-state index contributed by atoms with van der Waals surface area (Å²) in [6, 6.07) is 17.2. The molecule has 164 valence electrons.